The van der Waals surface area contributed by atoms with Crippen LogP contribution < -0.4 is 21.9 Å². The van der Waals surface area contributed by atoms with Crippen molar-refractivity contribution in [2.75, 3.05) is 18.0 Å². The molecule has 5 rings (SSSR count). The van der Waals surface area contributed by atoms with Gasteiger partial charge in [-0.25, -0.2) is 4.79 Å². The van der Waals surface area contributed by atoms with Gasteiger partial charge in [0.25, 0.3) is 5.56 Å². The molecule has 0 bridgehead atoms. The van der Waals surface area contributed by atoms with Gasteiger partial charge in [-0.1, -0.05) is 42.3 Å². The Morgan fingerprint density at radius 1 is 1.06 bits per heavy atom. The molecule has 9 heteroatoms. The van der Waals surface area contributed by atoms with Crippen molar-refractivity contribution >= 4 is 17.1 Å². The second-order valence-corrected chi connectivity index (χ2v) is 9.06. The topological polar surface area (TPSA) is 104 Å². The van der Waals surface area contributed by atoms with E-state index in [9.17, 15) is 9.59 Å². The Labute approximate surface area is 208 Å². The lowest BCUT2D eigenvalue weighted by molar-refractivity contribution is 0.496. The molecule has 3 aromatic heterocycles. The van der Waals surface area contributed by atoms with Gasteiger partial charge in [0.05, 0.1) is 24.5 Å². The number of aromatic nitrogens is 5. The van der Waals surface area contributed by atoms with Crippen LogP contribution in [0.1, 0.15) is 25.5 Å². The third-order valence-electron chi connectivity index (χ3n) is 6.56. The van der Waals surface area contributed by atoms with Crippen LogP contribution in [-0.2, 0) is 20.1 Å². The number of nitrogens with two attached hydrogens (primary N) is 1. The number of piperidine rings is 1. The van der Waals surface area contributed by atoms with Gasteiger partial charge in [-0.15, -0.1) is 5.92 Å². The molecule has 0 radical (unpaired) electrons. The second-order valence-electron chi connectivity index (χ2n) is 9.06. The molecular formula is C27H29N7O2. The van der Waals surface area contributed by atoms with Crippen LogP contribution in [-0.4, -0.2) is 42.8 Å². The van der Waals surface area contributed by atoms with Crippen molar-refractivity contribution in [3.05, 3.63) is 75.1 Å². The summed E-state index contributed by atoms with van der Waals surface area (Å²) in [6.07, 6.45) is 1.89. The maximum Gasteiger partial charge on any atom is 0.332 e. The molecule has 1 aromatic carbocycles. The van der Waals surface area contributed by atoms with Crippen molar-refractivity contribution in [1.29, 1.82) is 0 Å². The van der Waals surface area contributed by atoms with E-state index in [1.165, 1.54) is 9.13 Å². The zero-order chi connectivity index (χ0) is 25.2. The summed E-state index contributed by atoms with van der Waals surface area (Å²) in [7, 11) is 1.64. The summed E-state index contributed by atoms with van der Waals surface area (Å²) in [6.45, 7) is 3.53. The van der Waals surface area contributed by atoms with Crippen molar-refractivity contribution in [3.8, 4) is 23.1 Å². The van der Waals surface area contributed by atoms with E-state index in [0.717, 1.165) is 30.6 Å². The summed E-state index contributed by atoms with van der Waals surface area (Å²) in [5, 5.41) is 0. The summed E-state index contributed by atoms with van der Waals surface area (Å²) < 4.78 is 4.47. The number of rotatable bonds is 5. The summed E-state index contributed by atoms with van der Waals surface area (Å²) in [5.41, 5.74) is 8.45. The van der Waals surface area contributed by atoms with E-state index in [-0.39, 0.29) is 12.6 Å². The van der Waals surface area contributed by atoms with E-state index in [1.54, 1.807) is 14.0 Å². The van der Waals surface area contributed by atoms with Crippen LogP contribution in [0.5, 0.6) is 0 Å². The number of aryl methyl sites for hydroxylation is 1. The third-order valence-corrected chi connectivity index (χ3v) is 6.56. The molecule has 0 saturated carbocycles. The fraction of sp³-hybridized carbons (Fsp3) is 0.333. The monoisotopic (exact) mass is 483 g/mol. The van der Waals surface area contributed by atoms with Crippen molar-refractivity contribution < 1.29 is 0 Å². The van der Waals surface area contributed by atoms with Gasteiger partial charge in [0.15, 0.2) is 11.2 Å². The first-order chi connectivity index (χ1) is 17.5. The minimum Gasteiger partial charge on any atom is -0.341 e. The first kappa shape index (κ1) is 23.6. The van der Waals surface area contributed by atoms with Crippen molar-refractivity contribution in [2.24, 2.45) is 12.8 Å². The van der Waals surface area contributed by atoms with E-state index >= 15 is 0 Å². The highest BCUT2D eigenvalue weighted by molar-refractivity contribution is 5.75. The van der Waals surface area contributed by atoms with Crippen LogP contribution in [0, 0.1) is 11.8 Å². The zero-order valence-corrected chi connectivity index (χ0v) is 20.5. The Morgan fingerprint density at radius 3 is 2.61 bits per heavy atom. The third kappa shape index (κ3) is 4.32. The maximum absolute atomic E-state index is 13.8. The van der Waals surface area contributed by atoms with Gasteiger partial charge in [0.2, 0.25) is 5.95 Å². The molecule has 1 saturated heterocycles. The minimum absolute atomic E-state index is 0.0349. The highest BCUT2D eigenvalue weighted by atomic mass is 16.2. The Morgan fingerprint density at radius 2 is 1.86 bits per heavy atom. The molecule has 1 atom stereocenters. The molecular weight excluding hydrogens is 454 g/mol. The highest BCUT2D eigenvalue weighted by Gasteiger charge is 2.26. The lowest BCUT2D eigenvalue weighted by atomic mass is 10.1. The SMILES string of the molecule is CC#CCn1c(N2CCC[C@@H](N)C2)nc2c1c(=O)n(Cc1cccc(-c3ccccc3)n1)c(=O)n2C. The Hall–Kier alpha value is -4.16. The summed E-state index contributed by atoms with van der Waals surface area (Å²) in [6, 6.07) is 15.5. The van der Waals surface area contributed by atoms with Gasteiger partial charge in [-0.3, -0.25) is 23.5 Å². The van der Waals surface area contributed by atoms with Gasteiger partial charge in [-0.05, 0) is 31.9 Å². The largest absolute Gasteiger partial charge is 0.341 e. The van der Waals surface area contributed by atoms with Crippen LogP contribution in [0.2, 0.25) is 0 Å². The summed E-state index contributed by atoms with van der Waals surface area (Å²) in [4.78, 5) is 38.6. The number of benzene rings is 1. The van der Waals surface area contributed by atoms with Crippen LogP contribution in [0.25, 0.3) is 22.4 Å². The Kier molecular flexibility index (Phi) is 6.44. The lowest BCUT2D eigenvalue weighted by Gasteiger charge is -2.31. The molecule has 9 nitrogen and oxygen atoms in total. The summed E-state index contributed by atoms with van der Waals surface area (Å²) >= 11 is 0. The second kappa shape index (κ2) is 9.84. The number of hydrogen-bond acceptors (Lipinski definition) is 6. The standard InChI is InChI=1S/C27H29N7O2/c1-3-4-16-33-23-24(30-26(33)32-15-9-12-20(28)17-32)31(2)27(36)34(25(23)35)18-21-13-8-14-22(29-21)19-10-6-5-7-11-19/h5-8,10-11,13-14,20H,9,12,15-18,28H2,1-2H3/t20-/m1/s1. The molecule has 1 aliphatic heterocycles. The molecule has 4 heterocycles. The summed E-state index contributed by atoms with van der Waals surface area (Å²) in [5.74, 6) is 6.58. The number of pyridine rings is 1. The average molecular weight is 484 g/mol. The molecule has 0 unspecified atom stereocenters. The van der Waals surface area contributed by atoms with Gasteiger partial charge < -0.3 is 10.6 Å². The first-order valence-electron chi connectivity index (χ1n) is 12.1. The molecule has 1 aliphatic rings. The van der Waals surface area contributed by atoms with Gasteiger partial charge >= 0.3 is 5.69 Å². The molecule has 1 fully saturated rings. The predicted octanol–water partition coefficient (Wildman–Crippen LogP) is 1.96. The van der Waals surface area contributed by atoms with E-state index in [4.69, 9.17) is 15.7 Å². The molecule has 0 spiro atoms. The number of imidazole rings is 1. The lowest BCUT2D eigenvalue weighted by Crippen LogP contribution is -2.44. The molecule has 2 N–H and O–H groups in total. The van der Waals surface area contributed by atoms with E-state index < -0.39 is 11.2 Å². The fourth-order valence-corrected chi connectivity index (χ4v) is 4.74. The van der Waals surface area contributed by atoms with Crippen LogP contribution in [0.3, 0.4) is 0 Å². The molecule has 0 aliphatic carbocycles. The van der Waals surface area contributed by atoms with Crippen molar-refractivity contribution in [1.82, 2.24) is 23.7 Å². The number of anilines is 1. The van der Waals surface area contributed by atoms with E-state index in [0.29, 0.717) is 35.9 Å². The van der Waals surface area contributed by atoms with E-state index in [1.807, 2.05) is 53.1 Å². The highest BCUT2D eigenvalue weighted by Crippen LogP contribution is 2.23. The molecule has 36 heavy (non-hydrogen) atoms. The van der Waals surface area contributed by atoms with Crippen LogP contribution in [0.4, 0.5) is 5.95 Å². The Bertz CT molecular complexity index is 1590. The normalized spacial score (nSPS) is 15.6. The first-order valence-corrected chi connectivity index (χ1v) is 12.1. The zero-order valence-electron chi connectivity index (χ0n) is 20.5. The van der Waals surface area contributed by atoms with Crippen molar-refractivity contribution in [2.45, 2.75) is 38.9 Å². The van der Waals surface area contributed by atoms with Crippen LogP contribution >= 0.6 is 0 Å². The van der Waals surface area contributed by atoms with Gasteiger partial charge in [-0.2, -0.15) is 4.98 Å². The van der Waals surface area contributed by atoms with Crippen molar-refractivity contribution in [3.63, 3.8) is 0 Å². The number of hydrogen-bond donors (Lipinski definition) is 1. The maximum atomic E-state index is 13.8. The number of fused-ring (bicyclic) bond motifs is 1. The fourth-order valence-electron chi connectivity index (χ4n) is 4.74. The number of nitrogens with zero attached hydrogens (tertiary/aromatic N) is 6. The Balaban J connectivity index is 1.63. The molecule has 184 valence electrons. The van der Waals surface area contributed by atoms with Crippen LogP contribution in [0.15, 0.2) is 58.1 Å². The predicted molar refractivity (Wildman–Crippen MR) is 141 cm³/mol. The quantitative estimate of drug-likeness (QED) is 0.435. The smallest absolute Gasteiger partial charge is 0.332 e. The average Bonchev–Trinajstić information content (AvgIpc) is 3.29. The van der Waals surface area contributed by atoms with Gasteiger partial charge in [0, 0.05) is 31.7 Å². The van der Waals surface area contributed by atoms with Gasteiger partial charge in [0.1, 0.15) is 0 Å². The molecule has 4 aromatic rings. The van der Waals surface area contributed by atoms with E-state index in [2.05, 4.69) is 16.7 Å². The minimum atomic E-state index is -0.437. The molecule has 0 amide bonds.